The van der Waals surface area contributed by atoms with Crippen LogP contribution in [0.25, 0.3) is 0 Å². The molecule has 2 heteroatoms. The Hall–Kier alpha value is -0.860. The molecule has 0 aromatic heterocycles. The maximum absolute atomic E-state index is 9.93. The van der Waals surface area contributed by atoms with Crippen molar-refractivity contribution in [1.29, 1.82) is 0 Å². The predicted molar refractivity (Wildman–Crippen MR) is 63.9 cm³/mol. The van der Waals surface area contributed by atoms with Crippen LogP contribution < -0.4 is 0 Å². The molecule has 0 aliphatic rings. The third-order valence-corrected chi connectivity index (χ3v) is 2.79. The normalized spacial score (nSPS) is 13.1. The van der Waals surface area contributed by atoms with Crippen molar-refractivity contribution in [2.45, 2.75) is 26.4 Å². The third kappa shape index (κ3) is 4.02. The molecule has 0 aliphatic carbocycles. The molecule has 2 nitrogen and oxygen atoms in total. The molecule has 0 aliphatic heterocycles. The van der Waals surface area contributed by atoms with E-state index in [-0.39, 0.29) is 6.10 Å². The number of aryl methyl sites for hydroxylation is 1. The van der Waals surface area contributed by atoms with E-state index in [1.807, 2.05) is 24.3 Å². The first-order chi connectivity index (χ1) is 7.13. The van der Waals surface area contributed by atoms with E-state index in [0.717, 1.165) is 25.1 Å². The molecule has 0 radical (unpaired) electrons. The molecular formula is C13H21NO. The van der Waals surface area contributed by atoms with Crippen molar-refractivity contribution in [3.8, 4) is 0 Å². The molecule has 0 fully saturated rings. The zero-order chi connectivity index (χ0) is 11.3. The van der Waals surface area contributed by atoms with Gasteiger partial charge in [0.2, 0.25) is 0 Å². The molecule has 1 rings (SSSR count). The molecule has 0 amide bonds. The molecule has 84 valence electrons. The van der Waals surface area contributed by atoms with E-state index < -0.39 is 0 Å². The van der Waals surface area contributed by atoms with Crippen molar-refractivity contribution in [1.82, 2.24) is 4.90 Å². The minimum Gasteiger partial charge on any atom is -0.388 e. The Morgan fingerprint density at radius 2 is 1.87 bits per heavy atom. The first-order valence-electron chi connectivity index (χ1n) is 5.56. The van der Waals surface area contributed by atoms with Gasteiger partial charge in [0.05, 0.1) is 6.10 Å². The van der Waals surface area contributed by atoms with E-state index in [1.54, 1.807) is 0 Å². The number of benzene rings is 1. The van der Waals surface area contributed by atoms with Crippen molar-refractivity contribution in [3.05, 3.63) is 35.4 Å². The van der Waals surface area contributed by atoms with Crippen LogP contribution in [0.4, 0.5) is 0 Å². The van der Waals surface area contributed by atoms with Gasteiger partial charge in [-0.25, -0.2) is 0 Å². The molecule has 0 bridgehead atoms. The van der Waals surface area contributed by atoms with E-state index >= 15 is 0 Å². The fourth-order valence-electron chi connectivity index (χ4n) is 1.46. The highest BCUT2D eigenvalue weighted by Crippen LogP contribution is 2.17. The fraction of sp³-hybridized carbons (Fsp3) is 0.538. The van der Waals surface area contributed by atoms with Gasteiger partial charge in [0.25, 0.3) is 0 Å². The van der Waals surface area contributed by atoms with Gasteiger partial charge < -0.3 is 10.0 Å². The summed E-state index contributed by atoms with van der Waals surface area (Å²) in [4.78, 5) is 2.21. The molecule has 0 saturated carbocycles. The Morgan fingerprint density at radius 1 is 1.27 bits per heavy atom. The van der Waals surface area contributed by atoms with Crippen molar-refractivity contribution in [2.75, 3.05) is 20.1 Å². The topological polar surface area (TPSA) is 23.5 Å². The molecule has 1 aromatic carbocycles. The van der Waals surface area contributed by atoms with Crippen LogP contribution in [0.3, 0.4) is 0 Å². The van der Waals surface area contributed by atoms with Gasteiger partial charge >= 0.3 is 0 Å². The smallest absolute Gasteiger partial charge is 0.0802 e. The van der Waals surface area contributed by atoms with Gasteiger partial charge in [-0.15, -0.1) is 0 Å². The lowest BCUT2D eigenvalue weighted by atomic mass is 10.0. The standard InChI is InChI=1S/C13H21NO/c1-4-14(3)10-9-13(15)12-7-5-11(2)6-8-12/h5-8,13,15H,4,9-10H2,1-3H3. The molecule has 0 heterocycles. The lowest BCUT2D eigenvalue weighted by Gasteiger charge is -2.17. The molecule has 0 spiro atoms. The maximum Gasteiger partial charge on any atom is 0.0802 e. The summed E-state index contributed by atoms with van der Waals surface area (Å²) in [7, 11) is 2.07. The SMILES string of the molecule is CCN(C)CCC(O)c1ccc(C)cc1. The summed E-state index contributed by atoms with van der Waals surface area (Å²) >= 11 is 0. The van der Waals surface area contributed by atoms with E-state index in [9.17, 15) is 5.11 Å². The third-order valence-electron chi connectivity index (χ3n) is 2.79. The molecule has 1 aromatic rings. The first kappa shape index (κ1) is 12.2. The monoisotopic (exact) mass is 207 g/mol. The lowest BCUT2D eigenvalue weighted by Crippen LogP contribution is -2.20. The molecule has 0 saturated heterocycles. The predicted octanol–water partition coefficient (Wildman–Crippen LogP) is 2.37. The van der Waals surface area contributed by atoms with E-state index in [2.05, 4.69) is 25.8 Å². The Kier molecular flexibility index (Phi) is 4.79. The molecule has 15 heavy (non-hydrogen) atoms. The zero-order valence-corrected chi connectivity index (χ0v) is 9.90. The van der Waals surface area contributed by atoms with Gasteiger partial charge in [0.1, 0.15) is 0 Å². The van der Waals surface area contributed by atoms with Gasteiger partial charge in [-0.3, -0.25) is 0 Å². The summed E-state index contributed by atoms with van der Waals surface area (Å²) in [5, 5.41) is 9.93. The van der Waals surface area contributed by atoms with Gasteiger partial charge in [0, 0.05) is 6.54 Å². The summed E-state index contributed by atoms with van der Waals surface area (Å²) in [6.45, 7) is 6.14. The number of aliphatic hydroxyl groups excluding tert-OH is 1. The summed E-state index contributed by atoms with van der Waals surface area (Å²) in [6, 6.07) is 8.10. The Labute approximate surface area is 92.5 Å². The van der Waals surface area contributed by atoms with Crippen molar-refractivity contribution < 1.29 is 5.11 Å². The highest BCUT2D eigenvalue weighted by atomic mass is 16.3. The van der Waals surface area contributed by atoms with E-state index in [0.29, 0.717) is 0 Å². The van der Waals surface area contributed by atoms with Crippen LogP contribution in [0.1, 0.15) is 30.6 Å². The lowest BCUT2D eigenvalue weighted by molar-refractivity contribution is 0.150. The second kappa shape index (κ2) is 5.89. The van der Waals surface area contributed by atoms with Crippen LogP contribution in [0.15, 0.2) is 24.3 Å². The first-order valence-corrected chi connectivity index (χ1v) is 5.56. The summed E-state index contributed by atoms with van der Waals surface area (Å²) in [5.41, 5.74) is 2.25. The summed E-state index contributed by atoms with van der Waals surface area (Å²) in [6.07, 6.45) is 0.465. The van der Waals surface area contributed by atoms with Crippen LogP contribution in [-0.4, -0.2) is 30.1 Å². The van der Waals surface area contributed by atoms with E-state index in [4.69, 9.17) is 0 Å². The van der Waals surface area contributed by atoms with Crippen LogP contribution in [0.2, 0.25) is 0 Å². The van der Waals surface area contributed by atoms with Gasteiger partial charge in [0.15, 0.2) is 0 Å². The zero-order valence-electron chi connectivity index (χ0n) is 9.90. The van der Waals surface area contributed by atoms with Crippen molar-refractivity contribution in [2.24, 2.45) is 0 Å². The van der Waals surface area contributed by atoms with Gasteiger partial charge in [-0.1, -0.05) is 36.8 Å². The maximum atomic E-state index is 9.93. The number of hydrogen-bond acceptors (Lipinski definition) is 2. The number of hydrogen-bond donors (Lipinski definition) is 1. The largest absolute Gasteiger partial charge is 0.388 e. The second-order valence-corrected chi connectivity index (χ2v) is 4.11. The van der Waals surface area contributed by atoms with Crippen LogP contribution in [-0.2, 0) is 0 Å². The van der Waals surface area contributed by atoms with Gasteiger partial charge in [-0.05, 0) is 32.5 Å². The average molecular weight is 207 g/mol. The Balaban J connectivity index is 2.46. The van der Waals surface area contributed by atoms with Crippen LogP contribution >= 0.6 is 0 Å². The molecule has 1 atom stereocenters. The Morgan fingerprint density at radius 3 is 2.40 bits per heavy atom. The average Bonchev–Trinajstić information content (AvgIpc) is 2.26. The minimum atomic E-state index is -0.334. The van der Waals surface area contributed by atoms with Crippen LogP contribution in [0, 0.1) is 6.92 Å². The summed E-state index contributed by atoms with van der Waals surface area (Å²) < 4.78 is 0. The van der Waals surface area contributed by atoms with Crippen molar-refractivity contribution in [3.63, 3.8) is 0 Å². The molecule has 1 unspecified atom stereocenters. The number of aliphatic hydroxyl groups is 1. The number of nitrogens with zero attached hydrogens (tertiary/aromatic N) is 1. The summed E-state index contributed by atoms with van der Waals surface area (Å²) in [5.74, 6) is 0. The van der Waals surface area contributed by atoms with Crippen LogP contribution in [0.5, 0.6) is 0 Å². The highest BCUT2D eigenvalue weighted by Gasteiger charge is 2.07. The van der Waals surface area contributed by atoms with E-state index in [1.165, 1.54) is 5.56 Å². The van der Waals surface area contributed by atoms with Gasteiger partial charge in [-0.2, -0.15) is 0 Å². The quantitative estimate of drug-likeness (QED) is 0.801. The van der Waals surface area contributed by atoms with Crippen molar-refractivity contribution >= 4 is 0 Å². The Bertz CT molecular complexity index is 281. The molecule has 1 N–H and O–H groups in total. The number of rotatable bonds is 5. The fourth-order valence-corrected chi connectivity index (χ4v) is 1.46. The highest BCUT2D eigenvalue weighted by molar-refractivity contribution is 5.22. The second-order valence-electron chi connectivity index (χ2n) is 4.11. The minimum absolute atomic E-state index is 0.334. The molecular weight excluding hydrogens is 186 g/mol.